The lowest BCUT2D eigenvalue weighted by molar-refractivity contribution is 0.0141. The van der Waals surface area contributed by atoms with Crippen LogP contribution in [0.4, 0.5) is 0 Å². The van der Waals surface area contributed by atoms with Crippen molar-refractivity contribution in [3.05, 3.63) is 58.6 Å². The predicted molar refractivity (Wildman–Crippen MR) is 126 cm³/mol. The SMILES string of the molecule is Cc1cc2c(c3c1C(=O)C(=Cc1cccnc1)O3)CN(CC1CCCN3CCCCC13)CO2. The summed E-state index contributed by atoms with van der Waals surface area (Å²) in [4.78, 5) is 22.4. The van der Waals surface area contributed by atoms with Crippen molar-refractivity contribution >= 4 is 11.9 Å². The molecule has 2 unspecified atom stereocenters. The number of ketones is 1. The van der Waals surface area contributed by atoms with Crippen LogP contribution in [0.5, 0.6) is 11.5 Å². The molecule has 2 atom stereocenters. The van der Waals surface area contributed by atoms with E-state index in [-0.39, 0.29) is 5.78 Å². The number of aromatic nitrogens is 1. The molecular weight excluding hydrogens is 414 g/mol. The highest BCUT2D eigenvalue weighted by Crippen LogP contribution is 2.44. The third-order valence-corrected chi connectivity index (χ3v) is 7.69. The quantitative estimate of drug-likeness (QED) is 0.652. The molecule has 0 saturated carbocycles. The van der Waals surface area contributed by atoms with Gasteiger partial charge in [-0.25, -0.2) is 0 Å². The van der Waals surface area contributed by atoms with Gasteiger partial charge in [0.15, 0.2) is 5.76 Å². The molecule has 5 heterocycles. The van der Waals surface area contributed by atoms with Crippen molar-refractivity contribution in [2.75, 3.05) is 26.4 Å². The van der Waals surface area contributed by atoms with Gasteiger partial charge in [-0.2, -0.15) is 0 Å². The van der Waals surface area contributed by atoms with Gasteiger partial charge in [-0.05, 0) is 81.0 Å². The second-order valence-corrected chi connectivity index (χ2v) is 9.89. The van der Waals surface area contributed by atoms with Crippen LogP contribution in [-0.2, 0) is 6.54 Å². The van der Waals surface area contributed by atoms with Crippen LogP contribution in [0.15, 0.2) is 36.4 Å². The Bertz CT molecular complexity index is 1100. The summed E-state index contributed by atoms with van der Waals surface area (Å²) in [6.07, 6.45) is 11.8. The summed E-state index contributed by atoms with van der Waals surface area (Å²) in [5.74, 6) is 2.51. The lowest BCUT2D eigenvalue weighted by atomic mass is 9.83. The number of hydrogen-bond donors (Lipinski definition) is 0. The molecule has 1 aromatic heterocycles. The molecule has 6 heteroatoms. The van der Waals surface area contributed by atoms with Crippen LogP contribution in [0.3, 0.4) is 0 Å². The average Bonchev–Trinajstić information content (AvgIpc) is 3.17. The van der Waals surface area contributed by atoms with Crippen molar-refractivity contribution in [3.8, 4) is 11.5 Å². The van der Waals surface area contributed by atoms with Crippen LogP contribution in [0.2, 0.25) is 0 Å². The maximum Gasteiger partial charge on any atom is 0.232 e. The monoisotopic (exact) mass is 445 g/mol. The van der Waals surface area contributed by atoms with Crippen LogP contribution in [-0.4, -0.2) is 53.0 Å². The molecule has 33 heavy (non-hydrogen) atoms. The summed E-state index contributed by atoms with van der Waals surface area (Å²) in [7, 11) is 0. The molecule has 0 spiro atoms. The number of carbonyl (C=O) groups is 1. The number of allylic oxidation sites excluding steroid dienone is 1. The number of piperidine rings is 2. The summed E-state index contributed by atoms with van der Waals surface area (Å²) in [6, 6.07) is 6.50. The maximum absolute atomic E-state index is 13.2. The number of pyridine rings is 1. The number of benzene rings is 1. The second-order valence-electron chi connectivity index (χ2n) is 9.89. The third-order valence-electron chi connectivity index (χ3n) is 7.69. The van der Waals surface area contributed by atoms with Crippen molar-refractivity contribution in [2.45, 2.75) is 51.6 Å². The molecule has 0 radical (unpaired) electrons. The Kier molecular flexibility index (Phi) is 5.43. The summed E-state index contributed by atoms with van der Waals surface area (Å²) < 4.78 is 12.4. The van der Waals surface area contributed by atoms with Crippen molar-refractivity contribution in [2.24, 2.45) is 5.92 Å². The Labute approximate surface area is 195 Å². The minimum absolute atomic E-state index is 0.0589. The van der Waals surface area contributed by atoms with Gasteiger partial charge < -0.3 is 14.4 Å². The number of aryl methyl sites for hydroxylation is 1. The van der Waals surface area contributed by atoms with Crippen molar-refractivity contribution in [1.29, 1.82) is 0 Å². The summed E-state index contributed by atoms with van der Waals surface area (Å²) in [6.45, 7) is 6.87. The molecular formula is C27H31N3O3. The van der Waals surface area contributed by atoms with Gasteiger partial charge in [0, 0.05) is 31.5 Å². The van der Waals surface area contributed by atoms with E-state index in [0.717, 1.165) is 35.5 Å². The van der Waals surface area contributed by atoms with Crippen molar-refractivity contribution < 1.29 is 14.3 Å². The second kappa shape index (κ2) is 8.58. The smallest absolute Gasteiger partial charge is 0.232 e. The first-order chi connectivity index (χ1) is 16.2. The van der Waals surface area contributed by atoms with Gasteiger partial charge in [-0.1, -0.05) is 12.5 Å². The molecule has 4 aliphatic heterocycles. The largest absolute Gasteiger partial charge is 0.478 e. The zero-order valence-electron chi connectivity index (χ0n) is 19.3. The molecule has 0 aliphatic carbocycles. The molecule has 0 amide bonds. The molecule has 172 valence electrons. The van der Waals surface area contributed by atoms with E-state index in [1.54, 1.807) is 18.5 Å². The number of rotatable bonds is 3. The summed E-state index contributed by atoms with van der Waals surface area (Å²) in [5.41, 5.74) is 3.43. The fraction of sp³-hybridized carbons (Fsp3) is 0.481. The highest BCUT2D eigenvalue weighted by atomic mass is 16.5. The zero-order valence-corrected chi connectivity index (χ0v) is 19.3. The van der Waals surface area contributed by atoms with Crippen LogP contribution in [0.25, 0.3) is 6.08 Å². The Morgan fingerprint density at radius 2 is 2.12 bits per heavy atom. The average molecular weight is 446 g/mol. The van der Waals surface area contributed by atoms with Gasteiger partial charge in [0.2, 0.25) is 5.78 Å². The van der Waals surface area contributed by atoms with Crippen LogP contribution >= 0.6 is 0 Å². The number of ether oxygens (including phenoxy) is 2. The van der Waals surface area contributed by atoms with E-state index in [0.29, 0.717) is 35.8 Å². The first-order valence-corrected chi connectivity index (χ1v) is 12.3. The van der Waals surface area contributed by atoms with Crippen molar-refractivity contribution in [3.63, 3.8) is 0 Å². The summed E-state index contributed by atoms with van der Waals surface area (Å²) in [5, 5.41) is 0. The summed E-state index contributed by atoms with van der Waals surface area (Å²) >= 11 is 0. The molecule has 4 aliphatic rings. The van der Waals surface area contributed by atoms with E-state index < -0.39 is 0 Å². The first-order valence-electron chi connectivity index (χ1n) is 12.3. The number of hydrogen-bond acceptors (Lipinski definition) is 6. The van der Waals surface area contributed by atoms with E-state index >= 15 is 0 Å². The van der Waals surface area contributed by atoms with E-state index in [2.05, 4.69) is 14.8 Å². The van der Waals surface area contributed by atoms with Crippen LogP contribution in [0.1, 0.15) is 59.2 Å². The Hall–Kier alpha value is -2.70. The van der Waals surface area contributed by atoms with E-state index in [9.17, 15) is 4.79 Å². The Morgan fingerprint density at radius 3 is 3.00 bits per heavy atom. The topological polar surface area (TPSA) is 54.9 Å². The zero-order chi connectivity index (χ0) is 22.4. The molecule has 0 N–H and O–H groups in total. The molecule has 0 bridgehead atoms. The van der Waals surface area contributed by atoms with Gasteiger partial charge in [-0.3, -0.25) is 14.7 Å². The number of nitrogens with zero attached hydrogens (tertiary/aromatic N) is 3. The number of carbonyl (C=O) groups excluding carboxylic acids is 1. The molecule has 2 saturated heterocycles. The minimum Gasteiger partial charge on any atom is -0.478 e. The van der Waals surface area contributed by atoms with E-state index in [4.69, 9.17) is 9.47 Å². The minimum atomic E-state index is -0.0589. The lowest BCUT2D eigenvalue weighted by Gasteiger charge is -2.46. The standard InChI is InChI=1S/C27H31N3O3/c1-18-12-23-21(27-25(18)26(31)24(33-27)13-19-6-4-9-28-14-19)16-29(17-32-23)15-20-7-5-11-30-10-3-2-8-22(20)30/h4,6,9,12-14,20,22H,2-3,5,7-8,10-11,15-17H2,1H3. The lowest BCUT2D eigenvalue weighted by Crippen LogP contribution is -2.51. The van der Waals surface area contributed by atoms with Crippen molar-refractivity contribution in [1.82, 2.24) is 14.8 Å². The van der Waals surface area contributed by atoms with Gasteiger partial charge in [0.25, 0.3) is 0 Å². The third kappa shape index (κ3) is 3.85. The van der Waals surface area contributed by atoms with Gasteiger partial charge in [-0.15, -0.1) is 0 Å². The molecule has 6 rings (SSSR count). The van der Waals surface area contributed by atoms with Gasteiger partial charge >= 0.3 is 0 Å². The molecule has 1 aromatic carbocycles. The number of Topliss-reactive ketones (excluding diaryl/α,β-unsaturated/α-hetero) is 1. The predicted octanol–water partition coefficient (Wildman–Crippen LogP) is 4.42. The van der Waals surface area contributed by atoms with E-state index in [1.807, 2.05) is 25.1 Å². The number of fused-ring (bicyclic) bond motifs is 4. The van der Waals surface area contributed by atoms with Crippen LogP contribution in [0, 0.1) is 12.8 Å². The molecule has 6 nitrogen and oxygen atoms in total. The fourth-order valence-corrected chi connectivity index (χ4v) is 6.13. The Morgan fingerprint density at radius 1 is 1.21 bits per heavy atom. The first kappa shape index (κ1) is 20.9. The highest BCUT2D eigenvalue weighted by Gasteiger charge is 2.38. The normalized spacial score (nSPS) is 26.3. The maximum atomic E-state index is 13.2. The van der Waals surface area contributed by atoms with E-state index in [1.165, 1.54) is 45.2 Å². The Balaban J connectivity index is 1.25. The van der Waals surface area contributed by atoms with Gasteiger partial charge in [0.1, 0.15) is 18.2 Å². The molecule has 2 aromatic rings. The van der Waals surface area contributed by atoms with Crippen LogP contribution < -0.4 is 9.47 Å². The molecule has 2 fully saturated rings. The highest BCUT2D eigenvalue weighted by molar-refractivity contribution is 6.15. The fourth-order valence-electron chi connectivity index (χ4n) is 6.13. The van der Waals surface area contributed by atoms with Gasteiger partial charge in [0.05, 0.1) is 11.1 Å².